The third-order valence-corrected chi connectivity index (χ3v) is 8.01. The molecule has 0 saturated heterocycles. The van der Waals surface area contributed by atoms with Crippen LogP contribution in [-0.4, -0.2) is 49.8 Å². The molecule has 10 nitrogen and oxygen atoms in total. The third kappa shape index (κ3) is 4.07. The van der Waals surface area contributed by atoms with Crippen molar-refractivity contribution < 1.29 is 27.4 Å². The number of nitrogens with one attached hydrogen (secondary N) is 1. The molecule has 4 N–H and O–H groups in total. The Bertz CT molecular complexity index is 1430. The molecule has 4 rings (SSSR count). The molecule has 0 aromatic heterocycles. The van der Waals surface area contributed by atoms with E-state index in [1.165, 1.54) is 25.1 Å². The minimum Gasteiger partial charge on any atom is -0.425 e. The van der Waals surface area contributed by atoms with Gasteiger partial charge in [0.1, 0.15) is 23.1 Å². The fourth-order valence-electron chi connectivity index (χ4n) is 4.16. The summed E-state index contributed by atoms with van der Waals surface area (Å²) in [4.78, 5) is 13.4. The van der Waals surface area contributed by atoms with E-state index in [4.69, 9.17) is 22.1 Å². The Morgan fingerprint density at radius 1 is 1.34 bits per heavy atom. The van der Waals surface area contributed by atoms with Crippen LogP contribution in [0.5, 0.6) is 0 Å². The van der Waals surface area contributed by atoms with E-state index in [9.17, 15) is 18.3 Å². The van der Waals surface area contributed by atoms with Crippen molar-refractivity contribution in [2.75, 3.05) is 18.6 Å². The van der Waals surface area contributed by atoms with Crippen molar-refractivity contribution in [2.24, 2.45) is 10.8 Å². The number of sulfonamides is 1. The summed E-state index contributed by atoms with van der Waals surface area (Å²) in [5, 5.41) is 13.9. The number of aryl methyl sites for hydroxylation is 1. The molecule has 0 saturated carbocycles. The van der Waals surface area contributed by atoms with Crippen molar-refractivity contribution >= 4 is 44.7 Å². The lowest BCUT2D eigenvalue weighted by molar-refractivity contribution is -0.0337. The van der Waals surface area contributed by atoms with E-state index >= 15 is 4.39 Å². The Morgan fingerprint density at radius 2 is 2.03 bits per heavy atom. The number of hydrogen-bond acceptors (Lipinski definition) is 8. The number of amides is 1. The van der Waals surface area contributed by atoms with Crippen LogP contribution in [0.2, 0.25) is 5.02 Å². The van der Waals surface area contributed by atoms with E-state index < -0.39 is 28.2 Å². The number of benzene rings is 2. The molecule has 0 fully saturated rings. The summed E-state index contributed by atoms with van der Waals surface area (Å²) in [7, 11) is -2.87. The standard InChI is InChI=1S/C22H23ClFN5O5S/c1-10-5-6-15(24)17(11(10)2)12(3)18(21-26-27-22(31)34-21)29-9-28(4)16-8-13(23)7-14(20(25)30)19(16)35(29,32)33/h5-8,22,27,31H,9H2,1-4H3,(H2,25,30)/b18-12-. The molecular weight excluding hydrogens is 501 g/mol. The van der Waals surface area contributed by atoms with Gasteiger partial charge in [0.15, 0.2) is 0 Å². The molecule has 35 heavy (non-hydrogen) atoms. The number of hydrazone groups is 1. The zero-order chi connectivity index (χ0) is 25.8. The molecular formula is C22H23ClFN5O5S. The quantitative estimate of drug-likeness (QED) is 0.558. The molecule has 2 aliphatic rings. The number of aliphatic hydroxyl groups is 1. The van der Waals surface area contributed by atoms with Crippen molar-refractivity contribution in [1.29, 1.82) is 0 Å². The van der Waals surface area contributed by atoms with Crippen LogP contribution in [0.1, 0.15) is 34.0 Å². The lowest BCUT2D eigenvalue weighted by Gasteiger charge is -2.38. The summed E-state index contributed by atoms with van der Waals surface area (Å²) in [6.07, 6.45) is -1.53. The van der Waals surface area contributed by atoms with Gasteiger partial charge in [-0.3, -0.25) is 4.79 Å². The van der Waals surface area contributed by atoms with Crippen LogP contribution >= 0.6 is 11.6 Å². The van der Waals surface area contributed by atoms with Crippen molar-refractivity contribution in [1.82, 2.24) is 9.73 Å². The predicted molar refractivity (Wildman–Crippen MR) is 128 cm³/mol. The number of primary amides is 1. The SMILES string of the molecule is C/C(=C(\C1=NNC(O)O1)N1CN(C)c2cc(Cl)cc(C(N)=O)c2S1(=O)=O)c1c(F)ccc(C)c1C. The Kier molecular flexibility index (Phi) is 6.16. The Morgan fingerprint density at radius 3 is 2.63 bits per heavy atom. The minimum absolute atomic E-state index is 0.121. The van der Waals surface area contributed by atoms with Crippen molar-refractivity contribution in [3.8, 4) is 0 Å². The average Bonchev–Trinajstić information content (AvgIpc) is 3.20. The molecule has 1 atom stereocenters. The Balaban J connectivity index is 2.04. The highest BCUT2D eigenvalue weighted by Crippen LogP contribution is 2.41. The first-order valence-electron chi connectivity index (χ1n) is 10.4. The fraction of sp³-hybridized carbons (Fsp3) is 0.273. The van der Waals surface area contributed by atoms with Gasteiger partial charge in [-0.05, 0) is 55.7 Å². The Labute approximate surface area is 206 Å². The molecule has 2 aromatic carbocycles. The van der Waals surface area contributed by atoms with Crippen LogP contribution in [0.4, 0.5) is 10.1 Å². The molecule has 1 amide bonds. The van der Waals surface area contributed by atoms with E-state index in [0.717, 1.165) is 9.87 Å². The summed E-state index contributed by atoms with van der Waals surface area (Å²) >= 11 is 6.11. The summed E-state index contributed by atoms with van der Waals surface area (Å²) in [6, 6.07) is 5.48. The number of nitrogens with two attached hydrogens (primary N) is 1. The maximum Gasteiger partial charge on any atom is 0.295 e. The van der Waals surface area contributed by atoms with Crippen molar-refractivity contribution in [2.45, 2.75) is 32.1 Å². The largest absolute Gasteiger partial charge is 0.425 e. The molecule has 0 radical (unpaired) electrons. The number of hydrogen-bond donors (Lipinski definition) is 3. The van der Waals surface area contributed by atoms with E-state index in [0.29, 0.717) is 5.56 Å². The molecule has 0 bridgehead atoms. The van der Waals surface area contributed by atoms with Crippen LogP contribution in [0.3, 0.4) is 0 Å². The van der Waals surface area contributed by atoms with Crippen LogP contribution in [-0.2, 0) is 14.8 Å². The topological polar surface area (TPSA) is 138 Å². The molecule has 0 spiro atoms. The lowest BCUT2D eigenvalue weighted by atomic mass is 9.95. The number of nitrogens with zero attached hydrogens (tertiary/aromatic N) is 3. The molecule has 2 heterocycles. The van der Waals surface area contributed by atoms with Crippen LogP contribution in [0.25, 0.3) is 5.57 Å². The van der Waals surface area contributed by atoms with E-state index in [-0.39, 0.29) is 50.6 Å². The van der Waals surface area contributed by atoms with E-state index in [1.807, 2.05) is 0 Å². The monoisotopic (exact) mass is 523 g/mol. The molecule has 13 heteroatoms. The third-order valence-electron chi connectivity index (χ3n) is 5.97. The second-order valence-corrected chi connectivity index (χ2v) is 10.4. The number of halogens is 2. The van der Waals surface area contributed by atoms with E-state index in [1.54, 1.807) is 31.9 Å². The number of fused-ring (bicyclic) bond motifs is 1. The minimum atomic E-state index is -4.47. The van der Waals surface area contributed by atoms with Crippen LogP contribution in [0, 0.1) is 19.7 Å². The van der Waals surface area contributed by atoms with Crippen molar-refractivity contribution in [3.05, 3.63) is 63.1 Å². The first kappa shape index (κ1) is 24.8. The number of ether oxygens (including phenoxy) is 1. The summed E-state index contributed by atoms with van der Waals surface area (Å²) in [6.45, 7) is 4.77. The maximum absolute atomic E-state index is 15.1. The normalized spacial score (nSPS) is 19.4. The summed E-state index contributed by atoms with van der Waals surface area (Å²) < 4.78 is 49.2. The number of carbonyl (C=O) groups excluding carboxylic acids is 1. The van der Waals surface area contributed by atoms with Crippen LogP contribution < -0.4 is 16.1 Å². The zero-order valence-corrected chi connectivity index (χ0v) is 20.8. The predicted octanol–water partition coefficient (Wildman–Crippen LogP) is 2.23. The van der Waals surface area contributed by atoms with Gasteiger partial charge in [-0.25, -0.2) is 22.5 Å². The number of carbonyl (C=O) groups is 1. The van der Waals surface area contributed by atoms with Gasteiger partial charge in [0.2, 0.25) is 5.91 Å². The number of rotatable bonds is 4. The second kappa shape index (κ2) is 8.70. The van der Waals surface area contributed by atoms with Gasteiger partial charge in [-0.2, -0.15) is 0 Å². The van der Waals surface area contributed by atoms with Gasteiger partial charge < -0.3 is 20.5 Å². The van der Waals surface area contributed by atoms with Gasteiger partial charge in [-0.15, -0.1) is 5.10 Å². The highest BCUT2D eigenvalue weighted by molar-refractivity contribution is 7.89. The molecule has 2 aliphatic heterocycles. The maximum atomic E-state index is 15.1. The smallest absolute Gasteiger partial charge is 0.295 e. The van der Waals surface area contributed by atoms with Crippen LogP contribution in [0.15, 0.2) is 40.0 Å². The number of anilines is 1. The highest BCUT2D eigenvalue weighted by Gasteiger charge is 2.42. The average molecular weight is 524 g/mol. The summed E-state index contributed by atoms with van der Waals surface area (Å²) in [5.74, 6) is -1.84. The zero-order valence-electron chi connectivity index (χ0n) is 19.3. The second-order valence-electron chi connectivity index (χ2n) is 8.21. The number of aliphatic hydroxyl groups excluding tert-OH is 1. The van der Waals surface area contributed by atoms with Crippen molar-refractivity contribution in [3.63, 3.8) is 0 Å². The fourth-order valence-corrected chi connectivity index (χ4v) is 6.29. The molecule has 0 aliphatic carbocycles. The number of allylic oxidation sites excluding steroid dienone is 1. The first-order chi connectivity index (χ1) is 16.3. The van der Waals surface area contributed by atoms with Gasteiger partial charge in [0, 0.05) is 17.6 Å². The molecule has 1 unspecified atom stereocenters. The molecule has 186 valence electrons. The van der Waals surface area contributed by atoms with Gasteiger partial charge in [0.05, 0.1) is 11.3 Å². The molecule has 2 aromatic rings. The summed E-state index contributed by atoms with van der Waals surface area (Å²) in [5.41, 5.74) is 9.25. The Hall–Kier alpha value is -3.35. The van der Waals surface area contributed by atoms with Gasteiger partial charge in [-0.1, -0.05) is 17.7 Å². The highest BCUT2D eigenvalue weighted by atomic mass is 35.5. The lowest BCUT2D eigenvalue weighted by Crippen LogP contribution is -2.47. The van der Waals surface area contributed by atoms with E-state index in [2.05, 4.69) is 10.5 Å². The van der Waals surface area contributed by atoms with Gasteiger partial charge in [0.25, 0.3) is 22.3 Å². The van der Waals surface area contributed by atoms with Gasteiger partial charge >= 0.3 is 0 Å². The first-order valence-corrected chi connectivity index (χ1v) is 12.2.